The molecule has 0 saturated carbocycles. The molecule has 2 heterocycles. The van der Waals surface area contributed by atoms with Crippen LogP contribution in [0, 0.1) is 0 Å². The molecule has 1 fully saturated rings. The van der Waals surface area contributed by atoms with Gasteiger partial charge in [0.2, 0.25) is 5.91 Å². The van der Waals surface area contributed by atoms with Gasteiger partial charge in [0.05, 0.1) is 11.9 Å². The molecule has 2 aromatic rings. The Morgan fingerprint density at radius 1 is 1.36 bits per heavy atom. The molecule has 8 heteroatoms. The summed E-state index contributed by atoms with van der Waals surface area (Å²) in [7, 11) is 3.61. The van der Waals surface area contributed by atoms with Crippen LogP contribution in [0.25, 0.3) is 0 Å². The van der Waals surface area contributed by atoms with E-state index in [4.69, 9.17) is 0 Å². The number of halogens is 1. The number of amides is 1. The Kier molecular flexibility index (Phi) is 6.07. The minimum absolute atomic E-state index is 0.0495. The van der Waals surface area contributed by atoms with Crippen molar-refractivity contribution in [2.75, 3.05) is 38.1 Å². The minimum atomic E-state index is -0.0821. The van der Waals surface area contributed by atoms with Gasteiger partial charge in [-0.1, -0.05) is 41.9 Å². The number of hydrogen-bond donors (Lipinski definition) is 1. The highest BCUT2D eigenvalue weighted by molar-refractivity contribution is 9.10. The largest absolute Gasteiger partial charge is 0.355 e. The first-order chi connectivity index (χ1) is 13.3. The standard InChI is InChI=1S/C20H27BrN6O/c1-20(2,15-6-5-7-16(21)10-15)14-23-19(22-3)26-8-9-27(18(28)13-26)17-11-24-25(4)12-17/h5-7,10-12H,8-9,13-14H2,1-4H3,(H,22,23). The second-order valence-electron chi connectivity index (χ2n) is 7.63. The maximum Gasteiger partial charge on any atom is 0.246 e. The number of guanidine groups is 1. The predicted octanol–water partition coefficient (Wildman–Crippen LogP) is 2.38. The molecule has 1 amide bonds. The molecule has 0 radical (unpaired) electrons. The lowest BCUT2D eigenvalue weighted by molar-refractivity contribution is -0.120. The van der Waals surface area contributed by atoms with Gasteiger partial charge in [0.25, 0.3) is 0 Å². The third-order valence-corrected chi connectivity index (χ3v) is 5.52. The van der Waals surface area contributed by atoms with E-state index in [1.165, 1.54) is 5.56 Å². The molecule has 1 aliphatic heterocycles. The van der Waals surface area contributed by atoms with Crippen molar-refractivity contribution in [3.63, 3.8) is 0 Å². The van der Waals surface area contributed by atoms with Crippen LogP contribution in [0.1, 0.15) is 19.4 Å². The van der Waals surface area contributed by atoms with E-state index in [1.807, 2.05) is 30.3 Å². The Hall–Kier alpha value is -2.35. The molecule has 1 saturated heterocycles. The number of benzene rings is 1. The first-order valence-electron chi connectivity index (χ1n) is 9.31. The van der Waals surface area contributed by atoms with Gasteiger partial charge in [-0.05, 0) is 17.7 Å². The van der Waals surface area contributed by atoms with Gasteiger partial charge in [0, 0.05) is 49.8 Å². The molecule has 1 N–H and O–H groups in total. The first-order valence-corrected chi connectivity index (χ1v) is 10.1. The average Bonchev–Trinajstić information content (AvgIpc) is 3.08. The van der Waals surface area contributed by atoms with E-state index in [9.17, 15) is 4.79 Å². The summed E-state index contributed by atoms with van der Waals surface area (Å²) in [6.45, 7) is 6.73. The Balaban J connectivity index is 1.62. The molecule has 0 spiro atoms. The first kappa shape index (κ1) is 20.4. The summed E-state index contributed by atoms with van der Waals surface area (Å²) in [5, 5.41) is 7.61. The molecule has 0 bridgehead atoms. The summed E-state index contributed by atoms with van der Waals surface area (Å²) < 4.78 is 2.78. The van der Waals surface area contributed by atoms with E-state index in [1.54, 1.807) is 22.8 Å². The molecular formula is C20H27BrN6O. The maximum absolute atomic E-state index is 12.7. The van der Waals surface area contributed by atoms with Gasteiger partial charge >= 0.3 is 0 Å². The van der Waals surface area contributed by atoms with Crippen molar-refractivity contribution in [2.24, 2.45) is 12.0 Å². The number of piperazine rings is 1. The zero-order valence-corrected chi connectivity index (χ0v) is 18.4. The number of nitrogens with zero attached hydrogens (tertiary/aromatic N) is 5. The van der Waals surface area contributed by atoms with Crippen LogP contribution in [0.2, 0.25) is 0 Å². The van der Waals surface area contributed by atoms with Crippen molar-refractivity contribution in [2.45, 2.75) is 19.3 Å². The number of carbonyl (C=O) groups is 1. The number of aromatic nitrogens is 2. The Morgan fingerprint density at radius 2 is 2.14 bits per heavy atom. The van der Waals surface area contributed by atoms with Crippen molar-refractivity contribution < 1.29 is 4.79 Å². The van der Waals surface area contributed by atoms with Crippen molar-refractivity contribution in [3.8, 4) is 0 Å². The fourth-order valence-electron chi connectivity index (χ4n) is 3.32. The molecule has 150 valence electrons. The fourth-order valence-corrected chi connectivity index (χ4v) is 3.72. The van der Waals surface area contributed by atoms with Crippen LogP contribution in [0.5, 0.6) is 0 Å². The molecule has 1 aliphatic rings. The normalized spacial score (nSPS) is 15.9. The maximum atomic E-state index is 12.7. The Morgan fingerprint density at radius 3 is 2.75 bits per heavy atom. The van der Waals surface area contributed by atoms with Crippen molar-refractivity contribution in [1.29, 1.82) is 0 Å². The van der Waals surface area contributed by atoms with Crippen LogP contribution in [0.4, 0.5) is 5.69 Å². The van der Waals surface area contributed by atoms with E-state index in [0.717, 1.165) is 22.7 Å². The monoisotopic (exact) mass is 446 g/mol. The van der Waals surface area contributed by atoms with Crippen molar-refractivity contribution >= 4 is 33.5 Å². The van der Waals surface area contributed by atoms with Gasteiger partial charge in [-0.2, -0.15) is 5.10 Å². The highest BCUT2D eigenvalue weighted by atomic mass is 79.9. The lowest BCUT2D eigenvalue weighted by Gasteiger charge is -2.36. The van der Waals surface area contributed by atoms with Crippen LogP contribution < -0.4 is 10.2 Å². The van der Waals surface area contributed by atoms with E-state index >= 15 is 0 Å². The second kappa shape index (κ2) is 8.34. The number of aryl methyl sites for hydroxylation is 1. The zero-order chi connectivity index (χ0) is 20.3. The van der Waals surface area contributed by atoms with Gasteiger partial charge in [0.1, 0.15) is 6.54 Å². The van der Waals surface area contributed by atoms with E-state index in [-0.39, 0.29) is 11.3 Å². The summed E-state index contributed by atoms with van der Waals surface area (Å²) in [6, 6.07) is 8.34. The van der Waals surface area contributed by atoms with Gasteiger partial charge in [-0.15, -0.1) is 0 Å². The third kappa shape index (κ3) is 4.55. The van der Waals surface area contributed by atoms with Gasteiger partial charge in [0.15, 0.2) is 5.96 Å². The van der Waals surface area contributed by atoms with Crippen LogP contribution in [0.3, 0.4) is 0 Å². The molecule has 1 aromatic heterocycles. The molecule has 0 aliphatic carbocycles. The van der Waals surface area contributed by atoms with Crippen molar-refractivity contribution in [3.05, 3.63) is 46.7 Å². The number of carbonyl (C=O) groups excluding carboxylic acids is 1. The van der Waals surface area contributed by atoms with Gasteiger partial charge < -0.3 is 15.1 Å². The zero-order valence-electron chi connectivity index (χ0n) is 16.8. The van der Waals surface area contributed by atoms with E-state index < -0.39 is 0 Å². The lowest BCUT2D eigenvalue weighted by atomic mass is 9.85. The highest BCUT2D eigenvalue weighted by Gasteiger charge is 2.29. The summed E-state index contributed by atoms with van der Waals surface area (Å²) in [4.78, 5) is 20.8. The number of nitrogens with one attached hydrogen (secondary N) is 1. The second-order valence-corrected chi connectivity index (χ2v) is 8.55. The van der Waals surface area contributed by atoms with Gasteiger partial charge in [-0.25, -0.2) is 0 Å². The van der Waals surface area contributed by atoms with Crippen LogP contribution in [-0.2, 0) is 17.3 Å². The summed E-state index contributed by atoms with van der Waals surface area (Å²) >= 11 is 3.54. The number of anilines is 1. The molecule has 3 rings (SSSR count). The summed E-state index contributed by atoms with van der Waals surface area (Å²) in [5.74, 6) is 0.802. The molecule has 1 aromatic carbocycles. The molecule has 0 atom stereocenters. The SMILES string of the molecule is CN=C(NCC(C)(C)c1cccc(Br)c1)N1CCN(c2cnn(C)c2)C(=O)C1. The van der Waals surface area contributed by atoms with Crippen molar-refractivity contribution in [1.82, 2.24) is 20.0 Å². The summed E-state index contributed by atoms with van der Waals surface area (Å²) in [5.41, 5.74) is 1.99. The molecule has 0 unspecified atom stereocenters. The molecule has 28 heavy (non-hydrogen) atoms. The molecular weight excluding hydrogens is 420 g/mol. The van der Waals surface area contributed by atoms with Crippen LogP contribution in [-0.4, -0.2) is 59.8 Å². The average molecular weight is 447 g/mol. The Bertz CT molecular complexity index is 875. The predicted molar refractivity (Wildman–Crippen MR) is 116 cm³/mol. The number of hydrogen-bond acceptors (Lipinski definition) is 3. The third-order valence-electron chi connectivity index (χ3n) is 5.03. The van der Waals surface area contributed by atoms with Gasteiger partial charge in [-0.3, -0.25) is 14.5 Å². The van der Waals surface area contributed by atoms with E-state index in [0.29, 0.717) is 19.6 Å². The number of aliphatic imine (C=N–C) groups is 1. The Labute approximate surface area is 174 Å². The lowest BCUT2D eigenvalue weighted by Crippen LogP contribution is -2.56. The van der Waals surface area contributed by atoms with Crippen LogP contribution in [0.15, 0.2) is 46.1 Å². The highest BCUT2D eigenvalue weighted by Crippen LogP contribution is 2.25. The smallest absolute Gasteiger partial charge is 0.246 e. The van der Waals surface area contributed by atoms with Crippen LogP contribution >= 0.6 is 15.9 Å². The minimum Gasteiger partial charge on any atom is -0.355 e. The fraction of sp³-hybridized carbons (Fsp3) is 0.450. The number of rotatable bonds is 4. The van der Waals surface area contributed by atoms with E-state index in [2.05, 4.69) is 57.3 Å². The quantitative estimate of drug-likeness (QED) is 0.578. The summed E-state index contributed by atoms with van der Waals surface area (Å²) in [6.07, 6.45) is 3.59. The molecule has 7 nitrogen and oxygen atoms in total. The topological polar surface area (TPSA) is 65.8 Å².